The highest BCUT2D eigenvalue weighted by molar-refractivity contribution is 5.69. The number of hydrogen-bond donors (Lipinski definition) is 1. The molecule has 0 aliphatic carbocycles. The molecule has 2 saturated heterocycles. The maximum atomic E-state index is 10.7. The van der Waals surface area contributed by atoms with Crippen LogP contribution >= 0.6 is 0 Å². The summed E-state index contributed by atoms with van der Waals surface area (Å²) in [4.78, 5) is 15.1. The summed E-state index contributed by atoms with van der Waals surface area (Å²) in [6, 6.07) is 0. The molecule has 98 valence electrons. The summed E-state index contributed by atoms with van der Waals surface area (Å²) in [5.74, 6) is -0.724. The molecule has 1 N–H and O–H groups in total. The largest absolute Gasteiger partial charge is 0.480 e. The van der Waals surface area contributed by atoms with Gasteiger partial charge in [-0.15, -0.1) is 0 Å². The summed E-state index contributed by atoms with van der Waals surface area (Å²) in [6.45, 7) is 5.88. The summed E-state index contributed by atoms with van der Waals surface area (Å²) in [6.07, 6.45) is 3.82. The van der Waals surface area contributed by atoms with Crippen LogP contribution in [0.4, 0.5) is 0 Å². The summed E-state index contributed by atoms with van der Waals surface area (Å²) < 4.78 is 5.64. The number of aliphatic carboxylic acids is 1. The molecule has 2 fully saturated rings. The van der Waals surface area contributed by atoms with E-state index in [1.165, 1.54) is 12.8 Å². The molecular weight excluding hydrogens is 220 g/mol. The lowest BCUT2D eigenvalue weighted by Gasteiger charge is -2.23. The van der Waals surface area contributed by atoms with Gasteiger partial charge in [-0.25, -0.2) is 0 Å². The number of ether oxygens (including phenoxy) is 1. The van der Waals surface area contributed by atoms with Crippen molar-refractivity contribution in [2.45, 2.75) is 25.4 Å². The molecule has 2 rings (SSSR count). The quantitative estimate of drug-likeness (QED) is 0.766. The lowest BCUT2D eigenvalue weighted by molar-refractivity contribution is -0.138. The third-order valence-corrected chi connectivity index (χ3v) is 3.53. The summed E-state index contributed by atoms with van der Waals surface area (Å²) >= 11 is 0. The Morgan fingerprint density at radius 2 is 1.94 bits per heavy atom. The zero-order valence-electron chi connectivity index (χ0n) is 10.3. The van der Waals surface area contributed by atoms with E-state index in [4.69, 9.17) is 9.84 Å². The molecule has 0 aromatic rings. The second-order valence-corrected chi connectivity index (χ2v) is 4.96. The van der Waals surface area contributed by atoms with E-state index in [-0.39, 0.29) is 6.54 Å². The standard InChI is InChI=1S/C12H22N2O3/c15-12(16)10-14-5-2-4-13(6-7-14)9-11-3-1-8-17-11/h11H,1-10H2,(H,15,16). The van der Waals surface area contributed by atoms with Crippen molar-refractivity contribution in [2.75, 3.05) is 45.9 Å². The SMILES string of the molecule is O=C(O)CN1CCCN(CC2CCCO2)CC1. The van der Waals surface area contributed by atoms with E-state index in [9.17, 15) is 4.79 Å². The predicted octanol–water partition coefficient (Wildman–Crippen LogP) is 0.258. The molecule has 5 nitrogen and oxygen atoms in total. The molecule has 5 heteroatoms. The smallest absolute Gasteiger partial charge is 0.317 e. The molecule has 17 heavy (non-hydrogen) atoms. The van der Waals surface area contributed by atoms with Crippen molar-refractivity contribution < 1.29 is 14.6 Å². The van der Waals surface area contributed by atoms with Gasteiger partial charge >= 0.3 is 5.97 Å². The van der Waals surface area contributed by atoms with E-state index in [1.54, 1.807) is 0 Å². The fourth-order valence-electron chi connectivity index (χ4n) is 2.63. The molecule has 0 amide bonds. The molecule has 0 bridgehead atoms. The highest BCUT2D eigenvalue weighted by Crippen LogP contribution is 2.14. The fraction of sp³-hybridized carbons (Fsp3) is 0.917. The first kappa shape index (κ1) is 12.8. The number of carbonyl (C=O) groups is 1. The second kappa shape index (κ2) is 6.33. The average molecular weight is 242 g/mol. The van der Waals surface area contributed by atoms with E-state index in [2.05, 4.69) is 4.90 Å². The molecule has 0 aromatic carbocycles. The third-order valence-electron chi connectivity index (χ3n) is 3.53. The maximum absolute atomic E-state index is 10.7. The van der Waals surface area contributed by atoms with Crippen LogP contribution in [0.1, 0.15) is 19.3 Å². The van der Waals surface area contributed by atoms with Crippen molar-refractivity contribution in [1.29, 1.82) is 0 Å². The zero-order chi connectivity index (χ0) is 12.1. The van der Waals surface area contributed by atoms with E-state index in [0.29, 0.717) is 6.10 Å². The molecular formula is C12H22N2O3. The maximum Gasteiger partial charge on any atom is 0.317 e. The van der Waals surface area contributed by atoms with Gasteiger partial charge in [0.05, 0.1) is 12.6 Å². The van der Waals surface area contributed by atoms with Crippen LogP contribution in [0.15, 0.2) is 0 Å². The highest BCUT2D eigenvalue weighted by Gasteiger charge is 2.21. The second-order valence-electron chi connectivity index (χ2n) is 4.96. The minimum atomic E-state index is -0.724. The van der Waals surface area contributed by atoms with Crippen molar-refractivity contribution in [2.24, 2.45) is 0 Å². The van der Waals surface area contributed by atoms with E-state index in [1.807, 2.05) is 4.90 Å². The summed E-state index contributed by atoms with van der Waals surface area (Å²) in [5, 5.41) is 8.78. The minimum Gasteiger partial charge on any atom is -0.480 e. The van der Waals surface area contributed by atoms with Gasteiger partial charge in [0.1, 0.15) is 0 Å². The van der Waals surface area contributed by atoms with Crippen LogP contribution in [0.25, 0.3) is 0 Å². The molecule has 0 saturated carbocycles. The Morgan fingerprint density at radius 1 is 1.18 bits per heavy atom. The molecule has 1 atom stereocenters. The lowest BCUT2D eigenvalue weighted by Crippen LogP contribution is -2.37. The van der Waals surface area contributed by atoms with Crippen LogP contribution in [0.5, 0.6) is 0 Å². The van der Waals surface area contributed by atoms with Gasteiger partial charge in [-0.1, -0.05) is 0 Å². The first-order valence-electron chi connectivity index (χ1n) is 6.52. The summed E-state index contributed by atoms with van der Waals surface area (Å²) in [7, 11) is 0. The fourth-order valence-corrected chi connectivity index (χ4v) is 2.63. The molecule has 2 aliphatic rings. The van der Waals surface area contributed by atoms with Crippen LogP contribution < -0.4 is 0 Å². The Hall–Kier alpha value is -0.650. The Bertz CT molecular complexity index is 254. The normalized spacial score (nSPS) is 28.1. The molecule has 1 unspecified atom stereocenters. The van der Waals surface area contributed by atoms with Crippen LogP contribution in [-0.4, -0.2) is 72.9 Å². The average Bonchev–Trinajstić information content (AvgIpc) is 2.68. The number of carboxylic acids is 1. The van der Waals surface area contributed by atoms with Gasteiger partial charge in [-0.05, 0) is 25.8 Å². The number of carboxylic acid groups (broad SMARTS) is 1. The van der Waals surface area contributed by atoms with Gasteiger partial charge in [-0.2, -0.15) is 0 Å². The van der Waals surface area contributed by atoms with E-state index < -0.39 is 5.97 Å². The van der Waals surface area contributed by atoms with Gasteiger partial charge < -0.3 is 9.84 Å². The van der Waals surface area contributed by atoms with E-state index in [0.717, 1.165) is 45.8 Å². The zero-order valence-corrected chi connectivity index (χ0v) is 10.3. The van der Waals surface area contributed by atoms with Gasteiger partial charge in [0, 0.05) is 32.8 Å². The Morgan fingerprint density at radius 3 is 2.65 bits per heavy atom. The number of nitrogens with zero attached hydrogens (tertiary/aromatic N) is 2. The monoisotopic (exact) mass is 242 g/mol. The lowest BCUT2D eigenvalue weighted by atomic mass is 10.2. The molecule has 2 aliphatic heterocycles. The minimum absolute atomic E-state index is 0.174. The Labute approximate surface area is 102 Å². The highest BCUT2D eigenvalue weighted by atomic mass is 16.5. The topological polar surface area (TPSA) is 53.0 Å². The van der Waals surface area contributed by atoms with Crippen molar-refractivity contribution >= 4 is 5.97 Å². The van der Waals surface area contributed by atoms with Gasteiger partial charge in [0.25, 0.3) is 0 Å². The number of hydrogen-bond acceptors (Lipinski definition) is 4. The molecule has 0 aromatic heterocycles. The van der Waals surface area contributed by atoms with Crippen LogP contribution in [0, 0.1) is 0 Å². The van der Waals surface area contributed by atoms with E-state index >= 15 is 0 Å². The Balaban J connectivity index is 1.72. The molecule has 0 radical (unpaired) electrons. The third kappa shape index (κ3) is 4.26. The van der Waals surface area contributed by atoms with Crippen molar-refractivity contribution in [3.05, 3.63) is 0 Å². The van der Waals surface area contributed by atoms with Crippen LogP contribution in [0.2, 0.25) is 0 Å². The summed E-state index contributed by atoms with van der Waals surface area (Å²) in [5.41, 5.74) is 0. The first-order chi connectivity index (χ1) is 8.24. The molecule has 2 heterocycles. The van der Waals surface area contributed by atoms with Crippen LogP contribution in [0.3, 0.4) is 0 Å². The van der Waals surface area contributed by atoms with Crippen molar-refractivity contribution in [3.63, 3.8) is 0 Å². The van der Waals surface area contributed by atoms with Gasteiger partial charge in [0.15, 0.2) is 0 Å². The van der Waals surface area contributed by atoms with Gasteiger partial charge in [-0.3, -0.25) is 14.6 Å². The Kier molecular flexibility index (Phi) is 4.76. The molecule has 0 spiro atoms. The van der Waals surface area contributed by atoms with Crippen molar-refractivity contribution in [1.82, 2.24) is 9.80 Å². The number of rotatable bonds is 4. The van der Waals surface area contributed by atoms with Crippen LogP contribution in [-0.2, 0) is 9.53 Å². The van der Waals surface area contributed by atoms with Crippen molar-refractivity contribution in [3.8, 4) is 0 Å². The predicted molar refractivity (Wildman–Crippen MR) is 64.1 cm³/mol. The first-order valence-corrected chi connectivity index (χ1v) is 6.52. The van der Waals surface area contributed by atoms with Gasteiger partial charge in [0.2, 0.25) is 0 Å².